The van der Waals surface area contributed by atoms with E-state index in [1.807, 2.05) is 26.0 Å². The molecule has 7 atom stereocenters. The molecule has 0 aromatic rings. The van der Waals surface area contributed by atoms with E-state index in [0.717, 1.165) is 56.9 Å². The third-order valence-electron chi connectivity index (χ3n) is 11.9. The molecule has 0 amide bonds. The molecule has 0 heterocycles. The van der Waals surface area contributed by atoms with Crippen molar-refractivity contribution in [3.05, 3.63) is 35.6 Å². The van der Waals surface area contributed by atoms with Gasteiger partial charge in [0.2, 0.25) is 0 Å². The van der Waals surface area contributed by atoms with Crippen LogP contribution in [0.25, 0.3) is 0 Å². The minimum atomic E-state index is -0.644. The first-order valence-electron chi connectivity index (χ1n) is 14.5. The summed E-state index contributed by atoms with van der Waals surface area (Å²) in [4.78, 5) is 27.3. The molecule has 4 nitrogen and oxygen atoms in total. The summed E-state index contributed by atoms with van der Waals surface area (Å²) in [5, 5.41) is 13.5. The monoisotopic (exact) mass is 514 g/mol. The zero-order valence-electron chi connectivity index (χ0n) is 24.6. The van der Waals surface area contributed by atoms with Gasteiger partial charge in [-0.15, -0.1) is 6.42 Å². The third-order valence-corrected chi connectivity index (χ3v) is 11.9. The third kappa shape index (κ3) is 3.94. The molecule has 1 N–H and O–H groups in total. The highest BCUT2D eigenvalue weighted by molar-refractivity contribution is 6.04. The smallest absolute Gasteiger partial charge is 0.178 e. The Labute approximate surface area is 230 Å². The second-order valence-corrected chi connectivity index (χ2v) is 14.1. The van der Waals surface area contributed by atoms with Gasteiger partial charge in [-0.2, -0.15) is 5.26 Å². The number of carbonyl (C=O) groups is 2. The van der Waals surface area contributed by atoms with Gasteiger partial charge in [-0.25, -0.2) is 0 Å². The maximum absolute atomic E-state index is 14.1. The lowest BCUT2D eigenvalue weighted by Gasteiger charge is -2.66. The van der Waals surface area contributed by atoms with Crippen molar-refractivity contribution in [2.45, 2.75) is 105 Å². The van der Waals surface area contributed by atoms with Crippen molar-refractivity contribution < 1.29 is 9.59 Å². The fourth-order valence-corrected chi connectivity index (χ4v) is 9.00. The largest absolute Gasteiger partial charge is 0.373 e. The summed E-state index contributed by atoms with van der Waals surface area (Å²) in [6, 6.07) is 2.18. The molecule has 0 radical (unpaired) electrons. The average Bonchev–Trinajstić information content (AvgIpc) is 2.87. The Balaban J connectivity index is 1.80. The van der Waals surface area contributed by atoms with Gasteiger partial charge in [-0.05, 0) is 73.7 Å². The van der Waals surface area contributed by atoms with Crippen LogP contribution < -0.4 is 5.32 Å². The summed E-state index contributed by atoms with van der Waals surface area (Å²) < 4.78 is 0. The number of terminal acetylenes is 1. The van der Waals surface area contributed by atoms with Gasteiger partial charge in [0.05, 0.1) is 11.3 Å². The molecular formula is C34H46N2O2. The Morgan fingerprint density at radius 3 is 2.50 bits per heavy atom. The second kappa shape index (κ2) is 9.26. The summed E-state index contributed by atoms with van der Waals surface area (Å²) >= 11 is 0. The van der Waals surface area contributed by atoms with Crippen molar-refractivity contribution in [1.82, 2.24) is 5.32 Å². The van der Waals surface area contributed by atoms with E-state index in [4.69, 9.17) is 6.42 Å². The molecule has 204 valence electrons. The van der Waals surface area contributed by atoms with Crippen LogP contribution in [0.4, 0.5) is 0 Å². The van der Waals surface area contributed by atoms with Gasteiger partial charge in [-0.3, -0.25) is 9.59 Å². The SMILES string of the molecule is C#CC(=C)N[C@@]1(CC[C@H](C)CC)CC[C@]2(C)C(C1)C(=O)C=C1[C@@]3(C)C=C(C#N)C(=O)C(C)(C)[C@@H]3CC[C@]12C. The topological polar surface area (TPSA) is 70.0 Å². The number of carbonyl (C=O) groups excluding carboxylic acids is 2. The Morgan fingerprint density at radius 2 is 1.89 bits per heavy atom. The van der Waals surface area contributed by atoms with Crippen LogP contribution in [0.2, 0.25) is 0 Å². The molecule has 2 saturated carbocycles. The van der Waals surface area contributed by atoms with Gasteiger partial charge in [0.25, 0.3) is 0 Å². The lowest BCUT2D eigenvalue weighted by atomic mass is 9.37. The fraction of sp³-hybridized carbons (Fsp3) is 0.676. The number of ketones is 2. The first-order chi connectivity index (χ1) is 17.6. The van der Waals surface area contributed by atoms with Crippen molar-refractivity contribution in [2.75, 3.05) is 0 Å². The van der Waals surface area contributed by atoms with Crippen molar-refractivity contribution in [3.8, 4) is 18.4 Å². The van der Waals surface area contributed by atoms with E-state index in [1.165, 1.54) is 0 Å². The van der Waals surface area contributed by atoms with E-state index in [9.17, 15) is 14.9 Å². The fourth-order valence-electron chi connectivity index (χ4n) is 9.00. The molecule has 0 spiro atoms. The highest BCUT2D eigenvalue weighted by Gasteiger charge is 2.67. The Kier molecular flexibility index (Phi) is 6.92. The number of nitrogens with one attached hydrogen (secondary N) is 1. The molecule has 4 heteroatoms. The maximum atomic E-state index is 14.1. The molecule has 38 heavy (non-hydrogen) atoms. The number of fused-ring (bicyclic) bond motifs is 5. The van der Waals surface area contributed by atoms with Crippen molar-refractivity contribution in [1.29, 1.82) is 5.26 Å². The van der Waals surface area contributed by atoms with Gasteiger partial charge in [0.15, 0.2) is 11.6 Å². The minimum Gasteiger partial charge on any atom is -0.373 e. The predicted octanol–water partition coefficient (Wildman–Crippen LogP) is 7.08. The van der Waals surface area contributed by atoms with Crippen LogP contribution in [-0.2, 0) is 9.59 Å². The molecular weight excluding hydrogens is 468 g/mol. The van der Waals surface area contributed by atoms with E-state index in [-0.39, 0.29) is 45.3 Å². The number of Topliss-reactive ketones (excluding diaryl/α,β-unsaturated/α-hetero) is 1. The molecule has 4 rings (SSSR count). The molecule has 0 aromatic heterocycles. The van der Waals surface area contributed by atoms with Crippen molar-refractivity contribution in [3.63, 3.8) is 0 Å². The second-order valence-electron chi connectivity index (χ2n) is 14.1. The molecule has 0 aromatic carbocycles. The number of nitrogens with zero attached hydrogens (tertiary/aromatic N) is 1. The van der Waals surface area contributed by atoms with Gasteiger partial charge < -0.3 is 5.32 Å². The van der Waals surface area contributed by atoms with Crippen LogP contribution in [0.3, 0.4) is 0 Å². The number of rotatable bonds is 6. The zero-order chi connectivity index (χ0) is 28.3. The summed E-state index contributed by atoms with van der Waals surface area (Å²) in [6.45, 7) is 19.4. The zero-order valence-corrected chi connectivity index (χ0v) is 24.6. The van der Waals surface area contributed by atoms with Gasteiger partial charge >= 0.3 is 0 Å². The summed E-state index contributed by atoms with van der Waals surface area (Å²) in [5.41, 5.74) is 0.177. The first kappa shape index (κ1) is 28.4. The van der Waals surface area contributed by atoms with Gasteiger partial charge in [0.1, 0.15) is 6.07 Å². The number of allylic oxidation sites excluding steroid dienone is 5. The molecule has 0 bridgehead atoms. The standard InChI is InChI=1S/C34H46N2O2/c1-10-22(3)12-15-34(36-23(4)11-2)17-16-32(8)25(20-34)26(37)18-28-31(7)19-24(21-35)29(38)30(5,6)27(31)13-14-33(28,32)9/h2,18-19,22,25,27,36H,4,10,12-17,20H2,1,3,5-9H3/t22-,25?,27+,31+,32-,33-,34+/m1/s1. The van der Waals surface area contributed by atoms with Crippen molar-refractivity contribution in [2.24, 2.45) is 39.4 Å². The van der Waals surface area contributed by atoms with E-state index in [0.29, 0.717) is 11.6 Å². The first-order valence-corrected chi connectivity index (χ1v) is 14.5. The highest BCUT2D eigenvalue weighted by atomic mass is 16.1. The van der Waals surface area contributed by atoms with Gasteiger partial charge in [-0.1, -0.05) is 79.0 Å². The molecule has 2 fully saturated rings. The number of hydrogen-bond acceptors (Lipinski definition) is 4. The van der Waals surface area contributed by atoms with E-state index >= 15 is 0 Å². The number of nitriles is 1. The van der Waals surface area contributed by atoms with E-state index < -0.39 is 10.8 Å². The lowest BCUT2D eigenvalue weighted by Crippen LogP contribution is -2.64. The van der Waals surface area contributed by atoms with Crippen LogP contribution >= 0.6 is 0 Å². The molecule has 4 aliphatic carbocycles. The van der Waals surface area contributed by atoms with Crippen LogP contribution in [0, 0.1) is 63.1 Å². The molecule has 1 unspecified atom stereocenters. The summed E-state index contributed by atoms with van der Waals surface area (Å²) in [7, 11) is 0. The maximum Gasteiger partial charge on any atom is 0.178 e. The Bertz CT molecular complexity index is 1210. The molecule has 4 aliphatic rings. The summed E-state index contributed by atoms with van der Waals surface area (Å²) in [6.07, 6.45) is 17.2. The Morgan fingerprint density at radius 1 is 1.21 bits per heavy atom. The average molecular weight is 515 g/mol. The highest BCUT2D eigenvalue weighted by Crippen LogP contribution is 2.71. The van der Waals surface area contributed by atoms with Crippen LogP contribution in [0.5, 0.6) is 0 Å². The van der Waals surface area contributed by atoms with E-state index in [2.05, 4.69) is 58.5 Å². The summed E-state index contributed by atoms with van der Waals surface area (Å²) in [5.74, 6) is 3.35. The van der Waals surface area contributed by atoms with Crippen LogP contribution in [0.1, 0.15) is 99.8 Å². The van der Waals surface area contributed by atoms with E-state index in [1.54, 1.807) is 0 Å². The molecule has 0 aliphatic heterocycles. The minimum absolute atomic E-state index is 0.0608. The number of hydrogen-bond donors (Lipinski definition) is 1. The predicted molar refractivity (Wildman–Crippen MR) is 152 cm³/mol. The van der Waals surface area contributed by atoms with Crippen molar-refractivity contribution >= 4 is 11.6 Å². The normalized spacial score (nSPS) is 40.2. The quantitative estimate of drug-likeness (QED) is 0.384. The van der Waals surface area contributed by atoms with Crippen LogP contribution in [0.15, 0.2) is 35.6 Å². The van der Waals surface area contributed by atoms with Crippen LogP contribution in [-0.4, -0.2) is 17.1 Å². The molecule has 0 saturated heterocycles. The Hall–Kier alpha value is -2.59. The lowest BCUT2D eigenvalue weighted by molar-refractivity contribution is -0.144. The van der Waals surface area contributed by atoms with Gasteiger partial charge in [0, 0.05) is 22.3 Å².